The summed E-state index contributed by atoms with van der Waals surface area (Å²) < 4.78 is 1.65. The molecule has 1 amide bonds. The first kappa shape index (κ1) is 15.1. The van der Waals surface area contributed by atoms with Gasteiger partial charge in [0.15, 0.2) is 0 Å². The molecule has 0 saturated heterocycles. The van der Waals surface area contributed by atoms with Crippen molar-refractivity contribution in [3.63, 3.8) is 0 Å². The predicted octanol–water partition coefficient (Wildman–Crippen LogP) is 2.17. The Kier molecular flexibility index (Phi) is 5.77. The number of hydrogen-bond donors (Lipinski definition) is 2. The molecule has 1 aromatic carbocycles. The van der Waals surface area contributed by atoms with Gasteiger partial charge in [-0.1, -0.05) is 15.9 Å². The second kappa shape index (κ2) is 6.86. The summed E-state index contributed by atoms with van der Waals surface area (Å²) in [6.07, 6.45) is 0. The molecule has 98 valence electrons. The van der Waals surface area contributed by atoms with Crippen molar-refractivity contribution in [2.75, 3.05) is 25.5 Å². The minimum Gasteiger partial charge on any atom is -0.480 e. The van der Waals surface area contributed by atoms with Gasteiger partial charge in [0, 0.05) is 8.95 Å². The molecule has 0 heterocycles. The third-order valence-corrected chi connectivity index (χ3v) is 3.17. The normalized spacial score (nSPS) is 10.4. The molecule has 0 aliphatic rings. The number of aliphatic carboxylic acids is 1. The van der Waals surface area contributed by atoms with Gasteiger partial charge in [-0.15, -0.1) is 0 Å². The Morgan fingerprint density at radius 2 is 2.00 bits per heavy atom. The highest BCUT2D eigenvalue weighted by molar-refractivity contribution is 9.11. The van der Waals surface area contributed by atoms with E-state index in [1.165, 1.54) is 4.90 Å². The Morgan fingerprint density at radius 3 is 2.56 bits per heavy atom. The van der Waals surface area contributed by atoms with Crippen molar-refractivity contribution in [1.82, 2.24) is 4.90 Å². The lowest BCUT2D eigenvalue weighted by atomic mass is 10.3. The van der Waals surface area contributed by atoms with Crippen LogP contribution in [0.15, 0.2) is 27.1 Å². The summed E-state index contributed by atoms with van der Waals surface area (Å²) in [6, 6.07) is 5.38. The van der Waals surface area contributed by atoms with Crippen LogP contribution < -0.4 is 5.32 Å². The van der Waals surface area contributed by atoms with Gasteiger partial charge < -0.3 is 10.4 Å². The van der Waals surface area contributed by atoms with Crippen LogP contribution in [-0.2, 0) is 9.59 Å². The zero-order valence-corrected chi connectivity index (χ0v) is 12.8. The van der Waals surface area contributed by atoms with E-state index in [2.05, 4.69) is 37.2 Å². The predicted molar refractivity (Wildman–Crippen MR) is 75.6 cm³/mol. The van der Waals surface area contributed by atoms with Gasteiger partial charge in [-0.2, -0.15) is 0 Å². The van der Waals surface area contributed by atoms with E-state index in [-0.39, 0.29) is 19.0 Å². The summed E-state index contributed by atoms with van der Waals surface area (Å²) in [7, 11) is 1.57. The number of hydrogen-bond acceptors (Lipinski definition) is 3. The minimum absolute atomic E-state index is 0.0226. The topological polar surface area (TPSA) is 69.6 Å². The number of likely N-dealkylation sites (N-methyl/N-ethyl adjacent to an activating group) is 1. The number of nitrogens with one attached hydrogen (secondary N) is 1. The summed E-state index contributed by atoms with van der Waals surface area (Å²) in [5, 5.41) is 11.3. The monoisotopic (exact) mass is 378 g/mol. The lowest BCUT2D eigenvalue weighted by Gasteiger charge is -2.14. The van der Waals surface area contributed by atoms with Crippen LogP contribution in [0.4, 0.5) is 5.69 Å². The third-order valence-electron chi connectivity index (χ3n) is 2.02. The van der Waals surface area contributed by atoms with E-state index in [0.29, 0.717) is 5.69 Å². The average molecular weight is 380 g/mol. The number of benzene rings is 1. The Bertz CT molecular complexity index is 466. The maximum absolute atomic E-state index is 11.7. The van der Waals surface area contributed by atoms with E-state index in [1.807, 2.05) is 6.07 Å². The molecule has 0 atom stereocenters. The van der Waals surface area contributed by atoms with Gasteiger partial charge in [0.05, 0.1) is 18.8 Å². The lowest BCUT2D eigenvalue weighted by Crippen LogP contribution is -2.33. The number of amides is 1. The van der Waals surface area contributed by atoms with Crippen LogP contribution >= 0.6 is 31.9 Å². The van der Waals surface area contributed by atoms with Crippen molar-refractivity contribution in [1.29, 1.82) is 0 Å². The molecule has 0 saturated carbocycles. The fourth-order valence-electron chi connectivity index (χ4n) is 1.31. The van der Waals surface area contributed by atoms with Gasteiger partial charge in [0.2, 0.25) is 5.91 Å². The van der Waals surface area contributed by atoms with E-state index < -0.39 is 5.97 Å². The second-order valence-electron chi connectivity index (χ2n) is 3.74. The van der Waals surface area contributed by atoms with Gasteiger partial charge in [-0.25, -0.2) is 0 Å². The quantitative estimate of drug-likeness (QED) is 0.822. The molecule has 0 spiro atoms. The van der Waals surface area contributed by atoms with Gasteiger partial charge >= 0.3 is 5.97 Å². The van der Waals surface area contributed by atoms with Gasteiger partial charge in [0.1, 0.15) is 0 Å². The summed E-state index contributed by atoms with van der Waals surface area (Å²) >= 11 is 6.64. The van der Waals surface area contributed by atoms with E-state index in [1.54, 1.807) is 19.2 Å². The van der Waals surface area contributed by atoms with Gasteiger partial charge in [-0.3, -0.25) is 14.5 Å². The molecule has 0 aliphatic heterocycles. The average Bonchev–Trinajstić information content (AvgIpc) is 2.20. The molecular formula is C11H12Br2N2O3. The minimum atomic E-state index is -0.963. The Balaban J connectivity index is 2.56. The largest absolute Gasteiger partial charge is 0.480 e. The maximum atomic E-state index is 11.7. The number of carboxylic acid groups (broad SMARTS) is 1. The van der Waals surface area contributed by atoms with E-state index >= 15 is 0 Å². The van der Waals surface area contributed by atoms with Crippen molar-refractivity contribution in [2.45, 2.75) is 0 Å². The van der Waals surface area contributed by atoms with Gasteiger partial charge in [-0.05, 0) is 41.2 Å². The van der Waals surface area contributed by atoms with E-state index in [9.17, 15) is 9.59 Å². The number of nitrogens with zero attached hydrogens (tertiary/aromatic N) is 1. The molecule has 5 nitrogen and oxygen atoms in total. The molecule has 18 heavy (non-hydrogen) atoms. The van der Waals surface area contributed by atoms with E-state index in [0.717, 1.165) is 8.95 Å². The number of carbonyl (C=O) groups excluding carboxylic acids is 1. The fourth-order valence-corrected chi connectivity index (χ4v) is 2.46. The SMILES string of the molecule is CN(CC(=O)O)CC(=O)Nc1ccc(Br)cc1Br. The molecule has 0 bridgehead atoms. The molecule has 0 radical (unpaired) electrons. The highest BCUT2D eigenvalue weighted by Gasteiger charge is 2.11. The van der Waals surface area contributed by atoms with Crippen molar-refractivity contribution in [3.05, 3.63) is 27.1 Å². The maximum Gasteiger partial charge on any atom is 0.317 e. The van der Waals surface area contributed by atoms with Crippen molar-refractivity contribution < 1.29 is 14.7 Å². The smallest absolute Gasteiger partial charge is 0.317 e. The molecule has 0 fully saturated rings. The molecule has 1 rings (SSSR count). The molecule has 0 unspecified atom stereocenters. The Hall–Kier alpha value is -0.920. The first-order valence-corrected chi connectivity index (χ1v) is 6.62. The Morgan fingerprint density at radius 1 is 1.33 bits per heavy atom. The molecular weight excluding hydrogens is 368 g/mol. The lowest BCUT2D eigenvalue weighted by molar-refractivity contribution is -0.138. The first-order chi connectivity index (χ1) is 8.38. The second-order valence-corrected chi connectivity index (χ2v) is 5.51. The summed E-state index contributed by atoms with van der Waals surface area (Å²) in [5.74, 6) is -1.23. The number of carboxylic acids is 1. The third kappa shape index (κ3) is 5.16. The molecule has 1 aromatic rings. The van der Waals surface area contributed by atoms with Crippen LogP contribution in [0.25, 0.3) is 0 Å². The molecule has 2 N–H and O–H groups in total. The fraction of sp³-hybridized carbons (Fsp3) is 0.273. The zero-order valence-electron chi connectivity index (χ0n) is 9.61. The van der Waals surface area contributed by atoms with Gasteiger partial charge in [0.25, 0.3) is 0 Å². The van der Waals surface area contributed by atoms with Crippen LogP contribution in [0.3, 0.4) is 0 Å². The molecule has 0 aliphatic carbocycles. The van der Waals surface area contributed by atoms with E-state index in [4.69, 9.17) is 5.11 Å². The van der Waals surface area contributed by atoms with Crippen molar-refractivity contribution >= 4 is 49.4 Å². The number of carbonyl (C=O) groups is 2. The van der Waals surface area contributed by atoms with Crippen LogP contribution in [0.5, 0.6) is 0 Å². The first-order valence-electron chi connectivity index (χ1n) is 5.03. The standard InChI is InChI=1S/C11H12Br2N2O3/c1-15(6-11(17)18)5-10(16)14-9-3-2-7(12)4-8(9)13/h2-4H,5-6H2,1H3,(H,14,16)(H,17,18). The zero-order chi connectivity index (χ0) is 13.7. The molecule has 0 aromatic heterocycles. The highest BCUT2D eigenvalue weighted by Crippen LogP contribution is 2.25. The van der Waals surface area contributed by atoms with Crippen LogP contribution in [0, 0.1) is 0 Å². The highest BCUT2D eigenvalue weighted by atomic mass is 79.9. The van der Waals surface area contributed by atoms with Crippen LogP contribution in [0.1, 0.15) is 0 Å². The van der Waals surface area contributed by atoms with Crippen molar-refractivity contribution in [3.8, 4) is 0 Å². The summed E-state index contributed by atoms with van der Waals surface area (Å²) in [5.41, 5.74) is 0.645. The summed E-state index contributed by atoms with van der Waals surface area (Å²) in [6.45, 7) is -0.149. The van der Waals surface area contributed by atoms with Crippen LogP contribution in [0.2, 0.25) is 0 Å². The Labute approximate surface area is 121 Å². The number of halogens is 2. The van der Waals surface area contributed by atoms with Crippen LogP contribution in [-0.4, -0.2) is 42.0 Å². The number of anilines is 1. The summed E-state index contributed by atoms with van der Waals surface area (Å²) in [4.78, 5) is 23.5. The van der Waals surface area contributed by atoms with Crippen molar-refractivity contribution in [2.24, 2.45) is 0 Å². The number of rotatable bonds is 5. The molecule has 7 heteroatoms.